The quantitative estimate of drug-likeness (QED) is 0.533. The van der Waals surface area contributed by atoms with Crippen LogP contribution < -0.4 is 4.74 Å². The monoisotopic (exact) mass is 356 g/mol. The van der Waals surface area contributed by atoms with Gasteiger partial charge >= 0.3 is 11.9 Å². The predicted octanol–water partition coefficient (Wildman–Crippen LogP) is 4.60. The normalized spacial score (nSPS) is 10.5. The van der Waals surface area contributed by atoms with Gasteiger partial charge in [-0.05, 0) is 42.5 Å². The highest BCUT2D eigenvalue weighted by Crippen LogP contribution is 2.29. The highest BCUT2D eigenvalue weighted by molar-refractivity contribution is 5.97. The number of carbonyl (C=O) groups excluding carboxylic acids is 1. The number of aryl methyl sites for hydroxylation is 2. The molecular formula is C21H24O5. The third-order valence-electron chi connectivity index (χ3n) is 4.18. The van der Waals surface area contributed by atoms with Crippen molar-refractivity contribution in [3.63, 3.8) is 0 Å². The average molecular weight is 356 g/mol. The van der Waals surface area contributed by atoms with Crippen molar-refractivity contribution in [2.75, 3.05) is 0 Å². The summed E-state index contributed by atoms with van der Waals surface area (Å²) < 4.78 is 5.44. The van der Waals surface area contributed by atoms with Crippen LogP contribution in [-0.4, -0.2) is 22.2 Å². The fourth-order valence-corrected chi connectivity index (χ4v) is 2.81. The minimum atomic E-state index is -1.16. The smallest absolute Gasteiger partial charge is 0.347 e. The van der Waals surface area contributed by atoms with E-state index in [-0.39, 0.29) is 22.6 Å². The van der Waals surface area contributed by atoms with Crippen molar-refractivity contribution in [3.05, 3.63) is 58.7 Å². The second-order valence-electron chi connectivity index (χ2n) is 6.16. The molecule has 0 aliphatic carbocycles. The third-order valence-corrected chi connectivity index (χ3v) is 4.18. The summed E-state index contributed by atoms with van der Waals surface area (Å²) in [6.07, 6.45) is 3.91. The highest BCUT2D eigenvalue weighted by Gasteiger charge is 2.21. The number of para-hydroxylation sites is 2. The number of phenolic OH excluding ortho intramolecular Hbond substituents is 1. The van der Waals surface area contributed by atoms with Crippen molar-refractivity contribution in [1.29, 1.82) is 0 Å². The van der Waals surface area contributed by atoms with E-state index in [0.717, 1.165) is 19.3 Å². The van der Waals surface area contributed by atoms with E-state index in [4.69, 9.17) is 4.74 Å². The molecule has 0 saturated heterocycles. The molecular weight excluding hydrogens is 332 g/mol. The number of esters is 1. The molecule has 0 saturated carbocycles. The second-order valence-corrected chi connectivity index (χ2v) is 6.16. The Morgan fingerprint density at radius 3 is 2.19 bits per heavy atom. The van der Waals surface area contributed by atoms with Gasteiger partial charge in [0.2, 0.25) is 0 Å². The van der Waals surface area contributed by atoms with E-state index in [0.29, 0.717) is 24.0 Å². The van der Waals surface area contributed by atoms with E-state index in [9.17, 15) is 19.8 Å². The Labute approximate surface area is 153 Å². The van der Waals surface area contributed by atoms with E-state index in [1.807, 2.05) is 13.8 Å². The van der Waals surface area contributed by atoms with Crippen LogP contribution in [-0.2, 0) is 12.8 Å². The summed E-state index contributed by atoms with van der Waals surface area (Å²) in [5.41, 5.74) is 1.32. The van der Waals surface area contributed by atoms with E-state index in [1.54, 1.807) is 24.3 Å². The van der Waals surface area contributed by atoms with Gasteiger partial charge in [0.15, 0.2) is 0 Å². The maximum absolute atomic E-state index is 12.6. The SMILES string of the molecule is CCCCc1cccc(C(=O)Oc2c(CCC)cccc2C(=O)O)c1O. The summed E-state index contributed by atoms with van der Waals surface area (Å²) in [6, 6.07) is 9.73. The molecule has 5 nitrogen and oxygen atoms in total. The number of hydrogen-bond acceptors (Lipinski definition) is 4. The van der Waals surface area contributed by atoms with Crippen molar-refractivity contribution >= 4 is 11.9 Å². The first-order valence-electron chi connectivity index (χ1n) is 8.87. The molecule has 2 rings (SSSR count). The van der Waals surface area contributed by atoms with Crippen molar-refractivity contribution in [2.24, 2.45) is 0 Å². The molecule has 2 N–H and O–H groups in total. The third kappa shape index (κ3) is 4.42. The molecule has 0 fully saturated rings. The summed E-state index contributed by atoms with van der Waals surface area (Å²) >= 11 is 0. The van der Waals surface area contributed by atoms with Crippen LogP contribution in [0.2, 0.25) is 0 Å². The molecule has 5 heteroatoms. The number of hydrogen-bond donors (Lipinski definition) is 2. The average Bonchev–Trinajstić information content (AvgIpc) is 2.62. The van der Waals surface area contributed by atoms with Crippen LogP contribution in [0.3, 0.4) is 0 Å². The molecule has 26 heavy (non-hydrogen) atoms. The van der Waals surface area contributed by atoms with Crippen LogP contribution in [0.4, 0.5) is 0 Å². The second kappa shape index (κ2) is 9.04. The number of unbranched alkanes of at least 4 members (excludes halogenated alkanes) is 1. The lowest BCUT2D eigenvalue weighted by Gasteiger charge is -2.14. The lowest BCUT2D eigenvalue weighted by molar-refractivity contribution is 0.0680. The van der Waals surface area contributed by atoms with Gasteiger partial charge in [-0.2, -0.15) is 0 Å². The van der Waals surface area contributed by atoms with Crippen LogP contribution in [0.5, 0.6) is 11.5 Å². The first kappa shape index (κ1) is 19.5. The number of carboxylic acids is 1. The molecule has 0 bridgehead atoms. The fraction of sp³-hybridized carbons (Fsp3) is 0.333. The molecule has 138 valence electrons. The molecule has 0 amide bonds. The fourth-order valence-electron chi connectivity index (χ4n) is 2.81. The molecule has 0 radical (unpaired) electrons. The van der Waals surface area contributed by atoms with E-state index >= 15 is 0 Å². The van der Waals surface area contributed by atoms with Gasteiger partial charge in [0, 0.05) is 0 Å². The van der Waals surface area contributed by atoms with Crippen LogP contribution in [0.15, 0.2) is 36.4 Å². The molecule has 0 aliphatic heterocycles. The minimum Gasteiger partial charge on any atom is -0.507 e. The molecule has 0 spiro atoms. The van der Waals surface area contributed by atoms with Crippen molar-refractivity contribution < 1.29 is 24.5 Å². The summed E-state index contributed by atoms with van der Waals surface area (Å²) in [7, 11) is 0. The van der Waals surface area contributed by atoms with Gasteiger partial charge in [-0.1, -0.05) is 51.0 Å². The van der Waals surface area contributed by atoms with Crippen molar-refractivity contribution in [1.82, 2.24) is 0 Å². The maximum Gasteiger partial charge on any atom is 0.347 e. The topological polar surface area (TPSA) is 83.8 Å². The molecule has 0 aliphatic rings. The number of carboxylic acid groups (broad SMARTS) is 1. The molecule has 2 aromatic rings. The number of aromatic hydroxyl groups is 1. The Morgan fingerprint density at radius 2 is 1.58 bits per heavy atom. The molecule has 0 aromatic heterocycles. The Kier molecular flexibility index (Phi) is 6.78. The van der Waals surface area contributed by atoms with Crippen molar-refractivity contribution in [2.45, 2.75) is 46.0 Å². The molecule has 2 aromatic carbocycles. The maximum atomic E-state index is 12.6. The van der Waals surface area contributed by atoms with E-state index < -0.39 is 11.9 Å². The van der Waals surface area contributed by atoms with Gasteiger partial charge in [-0.25, -0.2) is 9.59 Å². The van der Waals surface area contributed by atoms with E-state index in [1.165, 1.54) is 12.1 Å². The molecule has 0 atom stereocenters. The largest absolute Gasteiger partial charge is 0.507 e. The van der Waals surface area contributed by atoms with Crippen LogP contribution in [0.1, 0.15) is 65.0 Å². The predicted molar refractivity (Wildman–Crippen MR) is 99.1 cm³/mol. The Hall–Kier alpha value is -2.82. The van der Waals surface area contributed by atoms with Crippen LogP contribution in [0.25, 0.3) is 0 Å². The zero-order chi connectivity index (χ0) is 19.1. The van der Waals surface area contributed by atoms with Gasteiger partial charge in [0.05, 0.1) is 0 Å². The highest BCUT2D eigenvalue weighted by atomic mass is 16.5. The minimum absolute atomic E-state index is 0.0428. The standard InChI is InChI=1S/C21H24O5/c1-3-5-9-14-10-6-12-16(18(14)22)21(25)26-19-15(8-4-2)11-7-13-17(19)20(23)24/h6-7,10-13,22H,3-5,8-9H2,1-2H3,(H,23,24). The molecule has 0 unspecified atom stereocenters. The lowest BCUT2D eigenvalue weighted by atomic mass is 10.0. The summed E-state index contributed by atoms with van der Waals surface area (Å²) in [6.45, 7) is 4.01. The summed E-state index contributed by atoms with van der Waals surface area (Å²) in [5.74, 6) is -1.97. The first-order valence-corrected chi connectivity index (χ1v) is 8.87. The zero-order valence-corrected chi connectivity index (χ0v) is 15.1. The van der Waals surface area contributed by atoms with Crippen LogP contribution in [0, 0.1) is 0 Å². The van der Waals surface area contributed by atoms with Crippen LogP contribution >= 0.6 is 0 Å². The zero-order valence-electron chi connectivity index (χ0n) is 15.1. The molecule has 0 heterocycles. The van der Waals surface area contributed by atoms with Crippen molar-refractivity contribution in [3.8, 4) is 11.5 Å². The number of benzene rings is 2. The Bertz CT molecular complexity index is 795. The van der Waals surface area contributed by atoms with E-state index in [2.05, 4.69) is 0 Å². The van der Waals surface area contributed by atoms with Gasteiger partial charge < -0.3 is 14.9 Å². The summed E-state index contributed by atoms with van der Waals surface area (Å²) in [5, 5.41) is 19.8. The lowest BCUT2D eigenvalue weighted by Crippen LogP contribution is -2.14. The van der Waals surface area contributed by atoms with Gasteiger partial charge in [0.25, 0.3) is 0 Å². The Morgan fingerprint density at radius 1 is 0.923 bits per heavy atom. The number of aromatic carboxylic acids is 1. The number of ether oxygens (including phenoxy) is 1. The Balaban J connectivity index is 2.37. The summed E-state index contributed by atoms with van der Waals surface area (Å²) in [4.78, 5) is 24.1. The first-order chi connectivity index (χ1) is 12.5. The van der Waals surface area contributed by atoms with Gasteiger partial charge in [0.1, 0.15) is 22.6 Å². The van der Waals surface area contributed by atoms with Gasteiger partial charge in [-0.15, -0.1) is 0 Å². The number of carbonyl (C=O) groups is 2. The number of phenols is 1. The van der Waals surface area contributed by atoms with Gasteiger partial charge in [-0.3, -0.25) is 0 Å². The number of rotatable bonds is 8.